The molecule has 3 aromatic rings. The second-order valence-corrected chi connectivity index (χ2v) is 7.81. The predicted octanol–water partition coefficient (Wildman–Crippen LogP) is 4.49. The SMILES string of the molecule is COCCOC(=O)c1cccc(CN2CCC(c3c[nH]c4cc(F)ccc34)CC2)c1. The fourth-order valence-electron chi connectivity index (χ4n) is 4.22. The molecule has 0 radical (unpaired) electrons. The number of halogens is 1. The Morgan fingerprint density at radius 3 is 2.80 bits per heavy atom. The second kappa shape index (κ2) is 9.41. The molecule has 5 nitrogen and oxygen atoms in total. The Kier molecular flexibility index (Phi) is 6.45. The molecule has 0 aliphatic carbocycles. The van der Waals surface area contributed by atoms with Crippen LogP contribution in [0.3, 0.4) is 0 Å². The number of H-pyrrole nitrogens is 1. The van der Waals surface area contributed by atoms with E-state index in [1.54, 1.807) is 19.2 Å². The zero-order valence-corrected chi connectivity index (χ0v) is 17.2. The lowest BCUT2D eigenvalue weighted by Gasteiger charge is -2.32. The van der Waals surface area contributed by atoms with Gasteiger partial charge in [0.15, 0.2) is 0 Å². The van der Waals surface area contributed by atoms with Crippen molar-refractivity contribution >= 4 is 16.9 Å². The van der Waals surface area contributed by atoms with Gasteiger partial charge in [0, 0.05) is 30.8 Å². The topological polar surface area (TPSA) is 54.6 Å². The van der Waals surface area contributed by atoms with Gasteiger partial charge < -0.3 is 14.5 Å². The van der Waals surface area contributed by atoms with Crippen LogP contribution in [0.1, 0.15) is 40.2 Å². The van der Waals surface area contributed by atoms with Gasteiger partial charge in [0.05, 0.1) is 12.2 Å². The van der Waals surface area contributed by atoms with Gasteiger partial charge in [-0.2, -0.15) is 0 Å². The Hall–Kier alpha value is -2.70. The van der Waals surface area contributed by atoms with Gasteiger partial charge in [-0.25, -0.2) is 9.18 Å². The Bertz CT molecular complexity index is 1010. The summed E-state index contributed by atoms with van der Waals surface area (Å²) in [6.07, 6.45) is 4.15. The van der Waals surface area contributed by atoms with Crippen LogP contribution in [0.2, 0.25) is 0 Å². The van der Waals surface area contributed by atoms with Crippen molar-refractivity contribution in [3.05, 3.63) is 71.2 Å². The van der Waals surface area contributed by atoms with Crippen molar-refractivity contribution in [3.63, 3.8) is 0 Å². The Morgan fingerprint density at radius 2 is 2.00 bits per heavy atom. The molecule has 6 heteroatoms. The van der Waals surface area contributed by atoms with Crippen molar-refractivity contribution in [1.29, 1.82) is 0 Å². The van der Waals surface area contributed by atoms with Gasteiger partial charge in [-0.3, -0.25) is 4.90 Å². The maximum Gasteiger partial charge on any atom is 0.338 e. The predicted molar refractivity (Wildman–Crippen MR) is 114 cm³/mol. The summed E-state index contributed by atoms with van der Waals surface area (Å²) in [4.78, 5) is 17.8. The number of aromatic amines is 1. The van der Waals surface area contributed by atoms with Gasteiger partial charge in [0.1, 0.15) is 12.4 Å². The summed E-state index contributed by atoms with van der Waals surface area (Å²) in [5.74, 6) is -0.0542. The molecule has 1 fully saturated rings. The van der Waals surface area contributed by atoms with E-state index in [2.05, 4.69) is 9.88 Å². The van der Waals surface area contributed by atoms with E-state index in [4.69, 9.17) is 9.47 Å². The smallest absolute Gasteiger partial charge is 0.338 e. The van der Waals surface area contributed by atoms with Crippen LogP contribution in [-0.2, 0) is 16.0 Å². The first-order valence-corrected chi connectivity index (χ1v) is 10.4. The van der Waals surface area contributed by atoms with E-state index in [0.717, 1.165) is 48.9 Å². The number of benzene rings is 2. The molecule has 0 saturated carbocycles. The number of rotatable bonds is 7. The van der Waals surface area contributed by atoms with Crippen LogP contribution in [0.25, 0.3) is 10.9 Å². The second-order valence-electron chi connectivity index (χ2n) is 7.81. The Labute approximate surface area is 175 Å². The van der Waals surface area contributed by atoms with Gasteiger partial charge in [0.2, 0.25) is 0 Å². The molecule has 1 aliphatic rings. The Balaban J connectivity index is 1.34. The van der Waals surface area contributed by atoms with Crippen molar-refractivity contribution in [2.24, 2.45) is 0 Å². The highest BCUT2D eigenvalue weighted by atomic mass is 19.1. The molecular formula is C24H27FN2O3. The number of ether oxygens (including phenoxy) is 2. The Morgan fingerprint density at radius 1 is 1.17 bits per heavy atom. The fourth-order valence-corrected chi connectivity index (χ4v) is 4.22. The van der Waals surface area contributed by atoms with E-state index < -0.39 is 0 Å². The number of aromatic nitrogens is 1. The van der Waals surface area contributed by atoms with E-state index >= 15 is 0 Å². The zero-order valence-electron chi connectivity index (χ0n) is 17.2. The minimum absolute atomic E-state index is 0.212. The fraction of sp³-hybridized carbons (Fsp3) is 0.375. The molecule has 1 aliphatic heterocycles. The van der Waals surface area contributed by atoms with Crippen molar-refractivity contribution < 1.29 is 18.7 Å². The molecule has 0 amide bonds. The number of likely N-dealkylation sites (tertiary alicyclic amines) is 1. The number of hydrogen-bond donors (Lipinski definition) is 1. The van der Waals surface area contributed by atoms with Crippen LogP contribution in [0.15, 0.2) is 48.7 Å². The summed E-state index contributed by atoms with van der Waals surface area (Å²) >= 11 is 0. The van der Waals surface area contributed by atoms with Crippen molar-refractivity contribution in [1.82, 2.24) is 9.88 Å². The molecule has 2 aromatic carbocycles. The van der Waals surface area contributed by atoms with Gasteiger partial charge in [-0.15, -0.1) is 0 Å². The number of hydrogen-bond acceptors (Lipinski definition) is 4. The summed E-state index contributed by atoms with van der Waals surface area (Å²) < 4.78 is 23.6. The van der Waals surface area contributed by atoms with Crippen molar-refractivity contribution in [2.75, 3.05) is 33.4 Å². The summed E-state index contributed by atoms with van der Waals surface area (Å²) in [6.45, 7) is 3.44. The highest BCUT2D eigenvalue weighted by Crippen LogP contribution is 2.33. The van der Waals surface area contributed by atoms with Gasteiger partial charge >= 0.3 is 5.97 Å². The lowest BCUT2D eigenvalue weighted by molar-refractivity contribution is 0.0388. The van der Waals surface area contributed by atoms with E-state index in [1.807, 2.05) is 30.5 Å². The van der Waals surface area contributed by atoms with Crippen LogP contribution < -0.4 is 0 Å². The number of piperidine rings is 1. The van der Waals surface area contributed by atoms with Gasteiger partial charge in [0.25, 0.3) is 0 Å². The molecule has 4 rings (SSSR count). The van der Waals surface area contributed by atoms with Crippen LogP contribution >= 0.6 is 0 Å². The molecular weight excluding hydrogens is 383 g/mol. The zero-order chi connectivity index (χ0) is 20.9. The first-order valence-electron chi connectivity index (χ1n) is 10.4. The number of nitrogens with zero attached hydrogens (tertiary/aromatic N) is 1. The lowest BCUT2D eigenvalue weighted by Crippen LogP contribution is -2.32. The van der Waals surface area contributed by atoms with Crippen LogP contribution in [0.5, 0.6) is 0 Å². The average molecular weight is 410 g/mol. The van der Waals surface area contributed by atoms with Gasteiger partial charge in [-0.05, 0) is 73.3 Å². The van der Waals surface area contributed by atoms with Crippen molar-refractivity contribution in [3.8, 4) is 0 Å². The molecule has 1 N–H and O–H groups in total. The summed E-state index contributed by atoms with van der Waals surface area (Å²) in [6, 6.07) is 12.6. The number of carbonyl (C=O) groups is 1. The first-order chi connectivity index (χ1) is 14.6. The van der Waals surface area contributed by atoms with Crippen LogP contribution in [-0.4, -0.2) is 49.3 Å². The molecule has 1 saturated heterocycles. The average Bonchev–Trinajstić information content (AvgIpc) is 3.17. The van der Waals surface area contributed by atoms with E-state index in [9.17, 15) is 9.18 Å². The quantitative estimate of drug-likeness (QED) is 0.461. The van der Waals surface area contributed by atoms with Gasteiger partial charge in [-0.1, -0.05) is 12.1 Å². The first kappa shape index (κ1) is 20.6. The standard InChI is InChI=1S/C24H27FN2O3/c1-29-11-12-30-24(28)19-4-2-3-17(13-19)16-27-9-7-18(8-10-27)22-15-26-23-14-20(25)5-6-21(22)23/h2-6,13-15,18,26H,7-12,16H2,1H3. The number of carbonyl (C=O) groups excluding carboxylic acids is 1. The number of esters is 1. The molecule has 0 spiro atoms. The number of nitrogens with one attached hydrogen (secondary N) is 1. The summed E-state index contributed by atoms with van der Waals surface area (Å²) in [5.41, 5.74) is 3.83. The molecule has 0 atom stereocenters. The monoisotopic (exact) mass is 410 g/mol. The lowest BCUT2D eigenvalue weighted by atomic mass is 9.89. The van der Waals surface area contributed by atoms with Crippen LogP contribution in [0, 0.1) is 5.82 Å². The number of fused-ring (bicyclic) bond motifs is 1. The molecule has 30 heavy (non-hydrogen) atoms. The molecule has 0 unspecified atom stereocenters. The summed E-state index contributed by atoms with van der Waals surface area (Å²) in [5, 5.41) is 1.12. The maximum atomic E-state index is 13.4. The number of methoxy groups -OCH3 is 1. The molecule has 2 heterocycles. The largest absolute Gasteiger partial charge is 0.460 e. The minimum atomic E-state index is -0.316. The van der Waals surface area contributed by atoms with Crippen molar-refractivity contribution in [2.45, 2.75) is 25.3 Å². The molecule has 1 aromatic heterocycles. The third-order valence-electron chi connectivity index (χ3n) is 5.79. The van der Waals surface area contributed by atoms with Crippen LogP contribution in [0.4, 0.5) is 4.39 Å². The molecule has 0 bridgehead atoms. The van der Waals surface area contributed by atoms with E-state index in [1.165, 1.54) is 11.6 Å². The minimum Gasteiger partial charge on any atom is -0.460 e. The highest BCUT2D eigenvalue weighted by Gasteiger charge is 2.23. The highest BCUT2D eigenvalue weighted by molar-refractivity contribution is 5.89. The third kappa shape index (κ3) is 4.71. The van der Waals surface area contributed by atoms with E-state index in [0.29, 0.717) is 18.1 Å². The third-order valence-corrected chi connectivity index (χ3v) is 5.79. The normalized spacial score (nSPS) is 15.5. The summed E-state index contributed by atoms with van der Waals surface area (Å²) in [7, 11) is 1.58. The maximum absolute atomic E-state index is 13.4. The molecule has 158 valence electrons. The van der Waals surface area contributed by atoms with E-state index in [-0.39, 0.29) is 18.4 Å².